The van der Waals surface area contributed by atoms with Gasteiger partial charge in [0.25, 0.3) is 5.56 Å². The van der Waals surface area contributed by atoms with Crippen LogP contribution in [0.1, 0.15) is 11.1 Å². The Balaban J connectivity index is 2.54. The first-order valence-corrected chi connectivity index (χ1v) is 5.43. The van der Waals surface area contributed by atoms with Gasteiger partial charge in [-0.3, -0.25) is 14.3 Å². The van der Waals surface area contributed by atoms with Gasteiger partial charge >= 0.3 is 11.9 Å². The maximum atomic E-state index is 13.6. The summed E-state index contributed by atoms with van der Waals surface area (Å²) in [4.78, 5) is 24.2. The number of alkyl halides is 3. The minimum absolute atomic E-state index is 0.628. The van der Waals surface area contributed by atoms with E-state index >= 15 is 0 Å². The summed E-state index contributed by atoms with van der Waals surface area (Å²) in [5, 5.41) is 0. The SMILES string of the molecule is O=c1ccn(Cc2c(F)cccc2C(F)(F)F)c(=O)[nH]1. The van der Waals surface area contributed by atoms with Crippen molar-refractivity contribution in [2.45, 2.75) is 12.7 Å². The predicted molar refractivity (Wildman–Crippen MR) is 61.8 cm³/mol. The number of nitrogens with one attached hydrogen (secondary N) is 1. The van der Waals surface area contributed by atoms with E-state index in [-0.39, 0.29) is 0 Å². The van der Waals surface area contributed by atoms with Crippen LogP contribution in [0.25, 0.3) is 0 Å². The van der Waals surface area contributed by atoms with Gasteiger partial charge in [0.2, 0.25) is 0 Å². The third kappa shape index (κ3) is 2.79. The fourth-order valence-electron chi connectivity index (χ4n) is 1.72. The highest BCUT2D eigenvalue weighted by Gasteiger charge is 2.34. The molecule has 0 bridgehead atoms. The largest absolute Gasteiger partial charge is 0.416 e. The third-order valence-electron chi connectivity index (χ3n) is 2.65. The van der Waals surface area contributed by atoms with E-state index in [1.165, 1.54) is 0 Å². The molecule has 0 atom stereocenters. The Labute approximate surface area is 109 Å². The summed E-state index contributed by atoms with van der Waals surface area (Å²) in [7, 11) is 0. The van der Waals surface area contributed by atoms with Gasteiger partial charge in [-0.2, -0.15) is 13.2 Å². The molecule has 0 aliphatic carbocycles. The molecular weight excluding hydrogens is 280 g/mol. The van der Waals surface area contributed by atoms with Crippen molar-refractivity contribution in [1.29, 1.82) is 0 Å². The van der Waals surface area contributed by atoms with E-state index in [2.05, 4.69) is 0 Å². The van der Waals surface area contributed by atoms with Crippen LogP contribution in [0.2, 0.25) is 0 Å². The maximum absolute atomic E-state index is 13.6. The smallest absolute Gasteiger partial charge is 0.296 e. The molecule has 2 rings (SSSR count). The summed E-state index contributed by atoms with van der Waals surface area (Å²) in [5.74, 6) is -1.07. The van der Waals surface area contributed by atoms with Crippen molar-refractivity contribution in [3.05, 3.63) is 68.2 Å². The molecule has 0 aliphatic heterocycles. The minimum Gasteiger partial charge on any atom is -0.296 e. The molecule has 1 heterocycles. The molecule has 2 aromatic rings. The summed E-state index contributed by atoms with van der Waals surface area (Å²) in [6.45, 7) is -0.628. The van der Waals surface area contributed by atoms with Crippen molar-refractivity contribution >= 4 is 0 Å². The van der Waals surface area contributed by atoms with Crippen LogP contribution in [-0.4, -0.2) is 9.55 Å². The van der Waals surface area contributed by atoms with Crippen LogP contribution in [0, 0.1) is 5.82 Å². The fourth-order valence-corrected chi connectivity index (χ4v) is 1.72. The van der Waals surface area contributed by atoms with E-state index in [1.54, 1.807) is 0 Å². The second kappa shape index (κ2) is 4.95. The van der Waals surface area contributed by atoms with Crippen LogP contribution in [0.3, 0.4) is 0 Å². The van der Waals surface area contributed by atoms with Crippen LogP contribution >= 0.6 is 0 Å². The van der Waals surface area contributed by atoms with Gasteiger partial charge in [-0.05, 0) is 12.1 Å². The topological polar surface area (TPSA) is 54.9 Å². The van der Waals surface area contributed by atoms with E-state index in [0.717, 1.165) is 35.0 Å². The lowest BCUT2D eigenvalue weighted by Crippen LogP contribution is -2.29. The first-order valence-electron chi connectivity index (χ1n) is 5.43. The van der Waals surface area contributed by atoms with Crippen LogP contribution in [-0.2, 0) is 12.7 Å². The molecule has 8 heteroatoms. The average molecular weight is 288 g/mol. The second-order valence-corrected chi connectivity index (χ2v) is 4.00. The molecule has 0 radical (unpaired) electrons. The van der Waals surface area contributed by atoms with Gasteiger partial charge < -0.3 is 0 Å². The van der Waals surface area contributed by atoms with Gasteiger partial charge in [0, 0.05) is 17.8 Å². The second-order valence-electron chi connectivity index (χ2n) is 4.00. The lowest BCUT2D eigenvalue weighted by Gasteiger charge is -2.14. The molecule has 20 heavy (non-hydrogen) atoms. The maximum Gasteiger partial charge on any atom is 0.416 e. The Morgan fingerprint density at radius 1 is 1.15 bits per heavy atom. The van der Waals surface area contributed by atoms with Crippen molar-refractivity contribution in [2.75, 3.05) is 0 Å². The van der Waals surface area contributed by atoms with Crippen LogP contribution in [0.5, 0.6) is 0 Å². The van der Waals surface area contributed by atoms with Crippen molar-refractivity contribution in [3.63, 3.8) is 0 Å². The average Bonchev–Trinajstić information content (AvgIpc) is 2.33. The molecule has 1 N–H and O–H groups in total. The lowest BCUT2D eigenvalue weighted by atomic mass is 10.1. The van der Waals surface area contributed by atoms with Gasteiger partial charge in [0.05, 0.1) is 12.1 Å². The zero-order chi connectivity index (χ0) is 14.9. The number of hydrogen-bond donors (Lipinski definition) is 1. The van der Waals surface area contributed by atoms with E-state index in [9.17, 15) is 27.2 Å². The van der Waals surface area contributed by atoms with Crippen LogP contribution < -0.4 is 11.2 Å². The molecule has 0 amide bonds. The molecule has 0 spiro atoms. The van der Waals surface area contributed by atoms with Crippen molar-refractivity contribution in [3.8, 4) is 0 Å². The first-order chi connectivity index (χ1) is 9.29. The van der Waals surface area contributed by atoms with Crippen molar-refractivity contribution in [1.82, 2.24) is 9.55 Å². The molecular formula is C12H8F4N2O2. The van der Waals surface area contributed by atoms with E-state index in [1.807, 2.05) is 4.98 Å². The standard InChI is InChI=1S/C12H8F4N2O2/c13-9-3-1-2-8(12(14,15)16)7(9)6-18-5-4-10(19)17-11(18)20/h1-5H,6H2,(H,17,19,20). The predicted octanol–water partition coefficient (Wildman–Crippen LogP) is 1.74. The monoisotopic (exact) mass is 288 g/mol. The summed E-state index contributed by atoms with van der Waals surface area (Å²) >= 11 is 0. The molecule has 0 aliphatic rings. The lowest BCUT2D eigenvalue weighted by molar-refractivity contribution is -0.138. The van der Waals surface area contributed by atoms with Crippen molar-refractivity contribution in [2.24, 2.45) is 0 Å². The number of H-pyrrole nitrogens is 1. The van der Waals surface area contributed by atoms with Gasteiger partial charge in [-0.15, -0.1) is 0 Å². The molecule has 0 saturated heterocycles. The van der Waals surface area contributed by atoms with Crippen LogP contribution in [0.15, 0.2) is 40.1 Å². The highest BCUT2D eigenvalue weighted by molar-refractivity contribution is 5.31. The molecule has 0 unspecified atom stereocenters. The normalized spacial score (nSPS) is 11.6. The number of benzene rings is 1. The molecule has 1 aromatic heterocycles. The molecule has 106 valence electrons. The number of nitrogens with zero attached hydrogens (tertiary/aromatic N) is 1. The number of hydrogen-bond acceptors (Lipinski definition) is 2. The summed E-state index contributed by atoms with van der Waals surface area (Å²) < 4.78 is 52.7. The number of rotatable bonds is 2. The van der Waals surface area contributed by atoms with E-state index < -0.39 is 40.9 Å². The molecule has 0 saturated carbocycles. The summed E-state index contributed by atoms with van der Waals surface area (Å²) in [6, 6.07) is 3.52. The zero-order valence-corrected chi connectivity index (χ0v) is 9.87. The van der Waals surface area contributed by atoms with Gasteiger partial charge in [-0.25, -0.2) is 9.18 Å². The van der Waals surface area contributed by atoms with E-state index in [0.29, 0.717) is 0 Å². The minimum atomic E-state index is -4.73. The highest BCUT2D eigenvalue weighted by atomic mass is 19.4. The van der Waals surface area contributed by atoms with Gasteiger partial charge in [0.15, 0.2) is 0 Å². The van der Waals surface area contributed by atoms with Crippen molar-refractivity contribution < 1.29 is 17.6 Å². The quantitative estimate of drug-likeness (QED) is 0.856. The van der Waals surface area contributed by atoms with Crippen LogP contribution in [0.4, 0.5) is 17.6 Å². The summed E-state index contributed by atoms with van der Waals surface area (Å²) in [5.41, 5.74) is -3.41. The molecule has 0 fully saturated rings. The Morgan fingerprint density at radius 3 is 2.45 bits per heavy atom. The zero-order valence-electron chi connectivity index (χ0n) is 9.87. The fraction of sp³-hybridized carbons (Fsp3) is 0.167. The number of aromatic nitrogens is 2. The highest BCUT2D eigenvalue weighted by Crippen LogP contribution is 2.33. The Hall–Kier alpha value is -2.38. The summed E-state index contributed by atoms with van der Waals surface area (Å²) in [6.07, 6.45) is -3.73. The first kappa shape index (κ1) is 14.0. The molecule has 4 nitrogen and oxygen atoms in total. The third-order valence-corrected chi connectivity index (χ3v) is 2.65. The van der Waals surface area contributed by atoms with E-state index in [4.69, 9.17) is 0 Å². The van der Waals surface area contributed by atoms with Gasteiger partial charge in [-0.1, -0.05) is 6.07 Å². The number of halogens is 4. The Morgan fingerprint density at radius 2 is 1.85 bits per heavy atom. The molecule has 1 aromatic carbocycles. The van der Waals surface area contributed by atoms with Gasteiger partial charge in [0.1, 0.15) is 5.82 Å². The Bertz CT molecular complexity index is 746. The Kier molecular flexibility index (Phi) is 3.47. The number of aromatic amines is 1.